The van der Waals surface area contributed by atoms with Crippen molar-refractivity contribution in [2.45, 2.75) is 5.92 Å². The highest BCUT2D eigenvalue weighted by Crippen LogP contribution is 2.50. The number of methoxy groups -OCH3 is 3. The van der Waals surface area contributed by atoms with Crippen LogP contribution >= 0.6 is 0 Å². The van der Waals surface area contributed by atoms with Gasteiger partial charge in [0.25, 0.3) is 0 Å². The molecule has 0 amide bonds. The zero-order valence-electron chi connectivity index (χ0n) is 17.5. The monoisotopic (exact) mass is 428 g/mol. The quantitative estimate of drug-likeness (QED) is 0.531. The van der Waals surface area contributed by atoms with Gasteiger partial charge in [0.2, 0.25) is 12.5 Å². The van der Waals surface area contributed by atoms with E-state index in [9.17, 15) is 9.90 Å². The van der Waals surface area contributed by atoms with Crippen LogP contribution in [-0.4, -0.2) is 45.8 Å². The molecule has 2 aromatic rings. The Balaban J connectivity index is 1.94. The van der Waals surface area contributed by atoms with Gasteiger partial charge in [-0.25, -0.2) is 0 Å². The lowest BCUT2D eigenvalue weighted by molar-refractivity contribution is -0.141. The van der Waals surface area contributed by atoms with E-state index in [1.165, 1.54) is 27.4 Å². The van der Waals surface area contributed by atoms with E-state index in [-0.39, 0.29) is 31.0 Å². The van der Waals surface area contributed by atoms with Crippen LogP contribution in [0.4, 0.5) is 0 Å². The third-order valence-electron chi connectivity index (χ3n) is 5.72. The maximum atomic E-state index is 12.8. The summed E-state index contributed by atoms with van der Waals surface area (Å²) in [4.78, 5) is 12.8. The topological polar surface area (TPSA) is 92.7 Å². The summed E-state index contributed by atoms with van der Waals surface area (Å²) in [5, 5.41) is 10.9. The van der Waals surface area contributed by atoms with Gasteiger partial charge in [0.15, 0.2) is 23.0 Å². The minimum Gasteiger partial charge on any atom is -0.508 e. The number of carbonyl (C=O) groups excluding carboxylic acids is 1. The van der Waals surface area contributed by atoms with Crippen LogP contribution in [0.3, 0.4) is 0 Å². The lowest BCUT2D eigenvalue weighted by Crippen LogP contribution is -2.24. The second-order valence-corrected chi connectivity index (χ2v) is 7.26. The van der Waals surface area contributed by atoms with Crippen molar-refractivity contribution >= 4 is 5.97 Å². The Bertz CT molecular complexity index is 990. The van der Waals surface area contributed by atoms with E-state index in [1.54, 1.807) is 24.3 Å². The average Bonchev–Trinajstić information content (AvgIpc) is 3.39. The van der Waals surface area contributed by atoms with Gasteiger partial charge < -0.3 is 33.5 Å². The van der Waals surface area contributed by atoms with E-state index < -0.39 is 11.8 Å². The van der Waals surface area contributed by atoms with E-state index in [0.29, 0.717) is 39.9 Å². The number of rotatable bonds is 7. The first kappa shape index (κ1) is 20.7. The van der Waals surface area contributed by atoms with Gasteiger partial charge in [-0.2, -0.15) is 0 Å². The van der Waals surface area contributed by atoms with E-state index in [2.05, 4.69) is 6.58 Å². The Morgan fingerprint density at radius 1 is 1.03 bits per heavy atom. The lowest BCUT2D eigenvalue weighted by Gasteiger charge is -2.27. The van der Waals surface area contributed by atoms with E-state index in [4.69, 9.17) is 28.4 Å². The molecule has 1 N–H and O–H groups in total. The van der Waals surface area contributed by atoms with Gasteiger partial charge >= 0.3 is 5.97 Å². The van der Waals surface area contributed by atoms with Gasteiger partial charge in [-0.3, -0.25) is 4.79 Å². The molecule has 3 atom stereocenters. The predicted molar refractivity (Wildman–Crippen MR) is 110 cm³/mol. The van der Waals surface area contributed by atoms with Gasteiger partial charge in [0.1, 0.15) is 5.75 Å². The Hall–Kier alpha value is -3.55. The predicted octanol–water partition coefficient (Wildman–Crippen LogP) is 3.25. The number of phenolic OH excluding ortho intramolecular Hbond substituents is 1. The highest BCUT2D eigenvalue weighted by Gasteiger charge is 2.44. The van der Waals surface area contributed by atoms with E-state index in [1.807, 2.05) is 0 Å². The molecule has 2 unspecified atom stereocenters. The number of ether oxygens (including phenoxy) is 6. The molecule has 164 valence electrons. The van der Waals surface area contributed by atoms with Crippen molar-refractivity contribution in [2.24, 2.45) is 11.8 Å². The zero-order chi connectivity index (χ0) is 22.1. The molecule has 31 heavy (non-hydrogen) atoms. The Morgan fingerprint density at radius 3 is 2.26 bits per heavy atom. The summed E-state index contributed by atoms with van der Waals surface area (Å²) < 4.78 is 32.7. The van der Waals surface area contributed by atoms with Crippen molar-refractivity contribution < 1.29 is 38.3 Å². The van der Waals surface area contributed by atoms with E-state index >= 15 is 0 Å². The summed E-state index contributed by atoms with van der Waals surface area (Å²) in [6.45, 7) is 4.15. The summed E-state index contributed by atoms with van der Waals surface area (Å²) in [6.07, 6.45) is 1.70. The van der Waals surface area contributed by atoms with Gasteiger partial charge in [-0.15, -0.1) is 6.58 Å². The molecule has 2 heterocycles. The number of hydrogen-bond acceptors (Lipinski definition) is 8. The summed E-state index contributed by atoms with van der Waals surface area (Å²) >= 11 is 0. The fraction of sp³-hybridized carbons (Fsp3) is 0.348. The summed E-state index contributed by atoms with van der Waals surface area (Å²) in [7, 11) is 4.55. The molecule has 0 saturated carbocycles. The molecule has 2 aliphatic heterocycles. The van der Waals surface area contributed by atoms with Crippen LogP contribution in [0, 0.1) is 11.8 Å². The fourth-order valence-corrected chi connectivity index (χ4v) is 4.21. The second-order valence-electron chi connectivity index (χ2n) is 7.26. The number of esters is 1. The number of hydrogen-bond donors (Lipinski definition) is 1. The van der Waals surface area contributed by atoms with Gasteiger partial charge in [-0.05, 0) is 23.8 Å². The molecule has 0 radical (unpaired) electrons. The SMILES string of the molecule is C=C[C@H]1COC(=O)C1C(c1cc(OC)c(OC)c(OC)c1)c1cc2c(cc1O)OCO2. The Labute approximate surface area is 179 Å². The first-order valence-corrected chi connectivity index (χ1v) is 9.74. The van der Waals surface area contributed by atoms with Crippen molar-refractivity contribution in [1.29, 1.82) is 0 Å². The fourth-order valence-electron chi connectivity index (χ4n) is 4.21. The van der Waals surface area contributed by atoms with Gasteiger partial charge in [0, 0.05) is 23.5 Å². The maximum Gasteiger partial charge on any atom is 0.310 e. The van der Waals surface area contributed by atoms with Gasteiger partial charge in [-0.1, -0.05) is 6.08 Å². The number of benzene rings is 2. The summed E-state index contributed by atoms with van der Waals surface area (Å²) in [5.74, 6) is 0.371. The molecule has 4 rings (SSSR count). The third-order valence-corrected chi connectivity index (χ3v) is 5.72. The zero-order valence-corrected chi connectivity index (χ0v) is 17.5. The minimum atomic E-state index is -0.619. The van der Waals surface area contributed by atoms with E-state index in [0.717, 1.165) is 0 Å². The molecule has 0 bridgehead atoms. The molecule has 0 aliphatic carbocycles. The molecule has 2 aromatic carbocycles. The van der Waals surface area contributed by atoms with Crippen LogP contribution in [0.15, 0.2) is 36.9 Å². The summed E-state index contributed by atoms with van der Waals surface area (Å²) in [5.41, 5.74) is 1.17. The van der Waals surface area contributed by atoms with Crippen LogP contribution in [0.2, 0.25) is 0 Å². The normalized spacial score (nSPS) is 20.2. The number of fused-ring (bicyclic) bond motifs is 1. The Morgan fingerprint density at radius 2 is 1.68 bits per heavy atom. The number of aromatic hydroxyl groups is 1. The molecule has 0 spiro atoms. The number of cyclic esters (lactones) is 1. The van der Waals surface area contributed by atoms with Crippen molar-refractivity contribution in [1.82, 2.24) is 0 Å². The largest absolute Gasteiger partial charge is 0.508 e. The molecule has 2 aliphatic rings. The standard InChI is InChI=1S/C23H24O8/c1-5-12-10-29-23(25)21(12)20(14-8-16-17(9-15(14)24)31-11-30-16)13-6-18(26-2)22(28-4)19(7-13)27-3/h5-9,12,20-21,24H,1,10-11H2,2-4H3/t12-,20?,21?/m0/s1. The molecule has 0 aromatic heterocycles. The Kier molecular flexibility index (Phi) is 5.54. The van der Waals surface area contributed by atoms with Gasteiger partial charge in [0.05, 0.1) is 33.9 Å². The van der Waals surface area contributed by atoms with Crippen molar-refractivity contribution in [3.63, 3.8) is 0 Å². The van der Waals surface area contributed by atoms with Crippen molar-refractivity contribution in [3.05, 3.63) is 48.0 Å². The number of carbonyl (C=O) groups is 1. The first-order chi connectivity index (χ1) is 15.0. The van der Waals surface area contributed by atoms with Crippen LogP contribution < -0.4 is 23.7 Å². The van der Waals surface area contributed by atoms with Crippen LogP contribution in [0.25, 0.3) is 0 Å². The highest BCUT2D eigenvalue weighted by atomic mass is 16.7. The van der Waals surface area contributed by atoms with Crippen LogP contribution in [-0.2, 0) is 9.53 Å². The minimum absolute atomic E-state index is 0.0227. The lowest BCUT2D eigenvalue weighted by atomic mass is 9.75. The first-order valence-electron chi connectivity index (χ1n) is 9.74. The second kappa shape index (κ2) is 8.29. The van der Waals surface area contributed by atoms with Crippen molar-refractivity contribution in [3.8, 4) is 34.5 Å². The number of phenols is 1. The van der Waals surface area contributed by atoms with Crippen molar-refractivity contribution in [2.75, 3.05) is 34.7 Å². The maximum absolute atomic E-state index is 12.8. The third kappa shape index (κ3) is 3.48. The molecular weight excluding hydrogens is 404 g/mol. The average molecular weight is 428 g/mol. The summed E-state index contributed by atoms with van der Waals surface area (Å²) in [6, 6.07) is 6.71. The molecule has 8 heteroatoms. The molecule has 1 saturated heterocycles. The highest BCUT2D eigenvalue weighted by molar-refractivity contribution is 5.78. The van der Waals surface area contributed by atoms with Crippen LogP contribution in [0.1, 0.15) is 17.0 Å². The smallest absolute Gasteiger partial charge is 0.310 e. The molecular formula is C23H24O8. The molecule has 1 fully saturated rings. The van der Waals surface area contributed by atoms with Crippen LogP contribution in [0.5, 0.6) is 34.5 Å². The molecule has 8 nitrogen and oxygen atoms in total.